The number of rotatable bonds is 6. The van der Waals surface area contributed by atoms with Crippen molar-refractivity contribution in [1.29, 1.82) is 0 Å². The Balaban J connectivity index is 2.35. The second-order valence-electron chi connectivity index (χ2n) is 7.97. The van der Waals surface area contributed by atoms with Crippen molar-refractivity contribution in [3.63, 3.8) is 0 Å². The van der Waals surface area contributed by atoms with Gasteiger partial charge in [-0.05, 0) is 53.9 Å². The van der Waals surface area contributed by atoms with Crippen LogP contribution in [0.5, 0.6) is 0 Å². The van der Waals surface area contributed by atoms with Gasteiger partial charge in [0.25, 0.3) is 0 Å². The highest BCUT2D eigenvalue weighted by atomic mass is 19.4. The van der Waals surface area contributed by atoms with Gasteiger partial charge in [0, 0.05) is 0 Å². The van der Waals surface area contributed by atoms with E-state index in [0.29, 0.717) is 12.1 Å². The number of benzene rings is 3. The molecule has 0 aromatic heterocycles. The lowest BCUT2D eigenvalue weighted by molar-refractivity contribution is -0.199. The molecule has 0 amide bonds. The number of aliphatic hydroxyl groups excluding tert-OH is 1. The van der Waals surface area contributed by atoms with E-state index in [-0.39, 0.29) is 22.4 Å². The van der Waals surface area contributed by atoms with Gasteiger partial charge in [-0.25, -0.2) is 8.78 Å². The average molecular weight is 501 g/mol. The molecule has 2 nitrogen and oxygen atoms in total. The Labute approximate surface area is 195 Å². The van der Waals surface area contributed by atoms with Gasteiger partial charge in [-0.1, -0.05) is 42.5 Å². The zero-order valence-electron chi connectivity index (χ0n) is 18.1. The average Bonchev–Trinajstić information content (AvgIpc) is 2.78. The fraction of sp³-hybridized carbons (Fsp3) is 0.240. The zero-order chi connectivity index (χ0) is 26.0. The highest BCUT2D eigenvalue weighted by molar-refractivity contribution is 6.10. The fourth-order valence-electron chi connectivity index (χ4n) is 3.68. The van der Waals surface area contributed by atoms with Crippen LogP contribution in [0, 0.1) is 11.6 Å². The molecule has 0 saturated carbocycles. The van der Waals surface area contributed by atoms with Crippen LogP contribution in [0.1, 0.15) is 29.2 Å². The van der Waals surface area contributed by atoms with Gasteiger partial charge in [-0.15, -0.1) is 0 Å². The Hall–Kier alpha value is -3.27. The second-order valence-corrected chi connectivity index (χ2v) is 7.97. The highest BCUT2D eigenvalue weighted by Crippen LogP contribution is 2.40. The molecule has 10 heteroatoms. The van der Waals surface area contributed by atoms with E-state index >= 15 is 0 Å². The van der Waals surface area contributed by atoms with Gasteiger partial charge < -0.3 is 5.11 Å². The minimum atomic E-state index is -5.00. The summed E-state index contributed by atoms with van der Waals surface area (Å²) >= 11 is 0. The van der Waals surface area contributed by atoms with Crippen molar-refractivity contribution >= 4 is 5.71 Å². The number of aliphatic imine (C=N–C) groups is 1. The molecule has 0 aliphatic heterocycles. The molecule has 0 aliphatic rings. The predicted octanol–water partition coefficient (Wildman–Crippen LogP) is 6.70. The van der Waals surface area contributed by atoms with Gasteiger partial charge in [0.2, 0.25) is 0 Å². The molecule has 186 valence electrons. The van der Waals surface area contributed by atoms with E-state index in [2.05, 4.69) is 4.99 Å². The third-order valence-electron chi connectivity index (χ3n) is 5.55. The van der Waals surface area contributed by atoms with Crippen molar-refractivity contribution in [2.45, 2.75) is 30.8 Å². The minimum absolute atomic E-state index is 0.140. The highest BCUT2D eigenvalue weighted by Gasteiger charge is 2.41. The Morgan fingerprint density at radius 1 is 0.771 bits per heavy atom. The molecule has 2 atom stereocenters. The van der Waals surface area contributed by atoms with E-state index in [4.69, 9.17) is 0 Å². The van der Waals surface area contributed by atoms with Gasteiger partial charge in [-0.2, -0.15) is 26.3 Å². The van der Waals surface area contributed by atoms with Crippen molar-refractivity contribution in [2.75, 3.05) is 6.54 Å². The molecular weight excluding hydrogens is 482 g/mol. The van der Waals surface area contributed by atoms with E-state index in [1.807, 2.05) is 0 Å². The lowest BCUT2D eigenvalue weighted by Crippen LogP contribution is -2.37. The Bertz CT molecular complexity index is 1190. The summed E-state index contributed by atoms with van der Waals surface area (Å²) in [6.07, 6.45) is -12.8. The lowest BCUT2D eigenvalue weighted by atomic mass is 9.70. The third-order valence-corrected chi connectivity index (χ3v) is 5.55. The van der Waals surface area contributed by atoms with Crippen LogP contribution in [-0.4, -0.2) is 29.6 Å². The summed E-state index contributed by atoms with van der Waals surface area (Å²) in [7, 11) is 0. The minimum Gasteiger partial charge on any atom is -0.382 e. The van der Waals surface area contributed by atoms with Gasteiger partial charge >= 0.3 is 12.4 Å². The van der Waals surface area contributed by atoms with Gasteiger partial charge in [0.15, 0.2) is 6.10 Å². The number of nitrogens with zero attached hydrogens (tertiary/aromatic N) is 1. The number of hydrogen-bond donors (Lipinski definition) is 1. The van der Waals surface area contributed by atoms with Crippen LogP contribution in [0.2, 0.25) is 0 Å². The number of alkyl halides is 6. The first-order valence-corrected chi connectivity index (χ1v) is 10.2. The first-order valence-electron chi connectivity index (χ1n) is 10.2. The molecule has 0 saturated heterocycles. The molecule has 3 aromatic carbocycles. The monoisotopic (exact) mass is 501 g/mol. The number of hydrogen-bond acceptors (Lipinski definition) is 2. The van der Waals surface area contributed by atoms with Crippen LogP contribution >= 0.6 is 0 Å². The molecule has 3 aromatic rings. The van der Waals surface area contributed by atoms with Crippen molar-refractivity contribution in [3.8, 4) is 0 Å². The maximum Gasteiger partial charge on any atom is 0.416 e. The summed E-state index contributed by atoms with van der Waals surface area (Å²) < 4.78 is 108. The topological polar surface area (TPSA) is 32.6 Å². The molecule has 35 heavy (non-hydrogen) atoms. The van der Waals surface area contributed by atoms with Gasteiger partial charge in [-0.3, -0.25) is 4.99 Å². The Kier molecular flexibility index (Phi) is 7.35. The Morgan fingerprint density at radius 2 is 1.34 bits per heavy atom. The van der Waals surface area contributed by atoms with Gasteiger partial charge in [0.1, 0.15) is 11.6 Å². The van der Waals surface area contributed by atoms with E-state index in [1.165, 1.54) is 43.3 Å². The van der Waals surface area contributed by atoms with Crippen LogP contribution in [0.15, 0.2) is 77.8 Å². The van der Waals surface area contributed by atoms with E-state index < -0.39 is 47.6 Å². The third kappa shape index (κ3) is 5.87. The smallest absolute Gasteiger partial charge is 0.382 e. The predicted molar refractivity (Wildman–Crippen MR) is 114 cm³/mol. The maximum atomic E-state index is 14.4. The lowest BCUT2D eigenvalue weighted by Gasteiger charge is -2.34. The van der Waals surface area contributed by atoms with Crippen molar-refractivity contribution < 1.29 is 40.2 Å². The van der Waals surface area contributed by atoms with Crippen molar-refractivity contribution in [3.05, 3.63) is 107 Å². The molecule has 0 unspecified atom stereocenters. The zero-order valence-corrected chi connectivity index (χ0v) is 18.1. The van der Waals surface area contributed by atoms with Crippen LogP contribution in [0.3, 0.4) is 0 Å². The summed E-state index contributed by atoms with van der Waals surface area (Å²) in [5, 5.41) is 9.53. The molecule has 0 bridgehead atoms. The second kappa shape index (κ2) is 9.77. The van der Waals surface area contributed by atoms with Crippen LogP contribution in [-0.2, 0) is 11.6 Å². The van der Waals surface area contributed by atoms with E-state index in [1.54, 1.807) is 6.07 Å². The Morgan fingerprint density at radius 3 is 1.89 bits per heavy atom. The summed E-state index contributed by atoms with van der Waals surface area (Å²) in [5.41, 5.74) is -3.19. The van der Waals surface area contributed by atoms with Gasteiger partial charge in [0.05, 0.1) is 23.2 Å². The van der Waals surface area contributed by atoms with Crippen LogP contribution in [0.25, 0.3) is 0 Å². The quantitative estimate of drug-likeness (QED) is 0.296. The molecule has 1 N–H and O–H groups in total. The molecule has 0 spiro atoms. The first-order chi connectivity index (χ1) is 16.2. The number of halogens is 8. The van der Waals surface area contributed by atoms with Crippen molar-refractivity contribution in [1.82, 2.24) is 0 Å². The number of aliphatic hydroxyl groups is 1. The maximum absolute atomic E-state index is 14.4. The summed E-state index contributed by atoms with van der Waals surface area (Å²) in [6, 6.07) is 13.9. The molecular formula is C25H19F8NO. The molecule has 0 radical (unpaired) electrons. The molecule has 0 heterocycles. The van der Waals surface area contributed by atoms with E-state index in [0.717, 1.165) is 18.2 Å². The molecule has 0 aliphatic carbocycles. The normalized spacial score (nSPS) is 15.5. The van der Waals surface area contributed by atoms with Crippen LogP contribution in [0.4, 0.5) is 35.1 Å². The van der Waals surface area contributed by atoms with Crippen LogP contribution < -0.4 is 0 Å². The fourth-order valence-corrected chi connectivity index (χ4v) is 3.68. The summed E-state index contributed by atoms with van der Waals surface area (Å²) in [6.45, 7) is 0.187. The standard InChI is InChI=1S/C25H19F8NO/c1-23(16-7-9-19(26)10-8-16,17-11-18(24(28,29)30)13-20(27)12-17)22(15-5-3-2-4-6-15)34-14-21(35)25(31,32)33/h2-13,21,35H,14H2,1H3/t21-,23+/m1/s1. The molecule has 3 rings (SSSR count). The summed E-state index contributed by atoms with van der Waals surface area (Å²) in [5.74, 6) is -1.90. The first kappa shape index (κ1) is 26.3. The largest absolute Gasteiger partial charge is 0.416 e. The van der Waals surface area contributed by atoms with Crippen molar-refractivity contribution in [2.24, 2.45) is 4.99 Å². The SMILES string of the molecule is C[C@](C(=NC[C@@H](O)C(F)(F)F)c1ccccc1)(c1ccc(F)cc1)c1cc(F)cc(C(F)(F)F)c1. The molecule has 0 fully saturated rings. The summed E-state index contributed by atoms with van der Waals surface area (Å²) in [4.78, 5) is 3.98. The van der Waals surface area contributed by atoms with E-state index in [9.17, 15) is 40.2 Å².